The number of aromatic carboxylic acids is 1. The molecule has 0 unspecified atom stereocenters. The first-order valence-corrected chi connectivity index (χ1v) is 8.72. The number of anilines is 1. The fraction of sp³-hybridized carbons (Fsp3) is 0.400. The van der Waals surface area contributed by atoms with E-state index in [1.807, 2.05) is 0 Å². The van der Waals surface area contributed by atoms with Gasteiger partial charge in [0.15, 0.2) is 0 Å². The van der Waals surface area contributed by atoms with Gasteiger partial charge in [0.25, 0.3) is 0 Å². The molecule has 1 heterocycles. The summed E-state index contributed by atoms with van der Waals surface area (Å²) >= 11 is 7.09. The molecule has 22 heavy (non-hydrogen) atoms. The van der Waals surface area contributed by atoms with Gasteiger partial charge < -0.3 is 5.11 Å². The van der Waals surface area contributed by atoms with Crippen molar-refractivity contribution in [3.63, 3.8) is 0 Å². The molecule has 2 fully saturated rings. The first kappa shape index (κ1) is 15.7. The van der Waals surface area contributed by atoms with E-state index in [4.69, 9.17) is 5.11 Å². The molecule has 116 valence electrons. The maximum atomic E-state index is 12.6. The molecule has 1 aromatic rings. The lowest BCUT2D eigenvalue weighted by Crippen LogP contribution is -2.34. The molecule has 1 aromatic carbocycles. The average Bonchev–Trinajstić information content (AvgIpc) is 2.72. The molecule has 1 N–H and O–H groups in total. The number of fused-ring (bicyclic) bond motifs is 1. The van der Waals surface area contributed by atoms with Crippen molar-refractivity contribution < 1.29 is 19.5 Å². The molecule has 1 saturated carbocycles. The van der Waals surface area contributed by atoms with Gasteiger partial charge in [0, 0.05) is 9.65 Å². The highest BCUT2D eigenvalue weighted by Gasteiger charge is 2.52. The van der Waals surface area contributed by atoms with E-state index in [-0.39, 0.29) is 38.9 Å². The van der Waals surface area contributed by atoms with Crippen LogP contribution >= 0.6 is 31.9 Å². The van der Waals surface area contributed by atoms with Crippen LogP contribution in [0, 0.1) is 11.8 Å². The summed E-state index contributed by atoms with van der Waals surface area (Å²) in [4.78, 5) is 37.6. The van der Waals surface area contributed by atoms with Crippen molar-refractivity contribution >= 4 is 55.3 Å². The number of carboxylic acids is 1. The molecule has 1 saturated heterocycles. The van der Waals surface area contributed by atoms with Crippen LogP contribution in [-0.4, -0.2) is 32.5 Å². The number of alkyl halides is 2. The number of halogens is 2. The average molecular weight is 431 g/mol. The fourth-order valence-electron chi connectivity index (χ4n) is 3.10. The van der Waals surface area contributed by atoms with Gasteiger partial charge in [-0.3, -0.25) is 14.5 Å². The van der Waals surface area contributed by atoms with Crippen LogP contribution in [0.3, 0.4) is 0 Å². The van der Waals surface area contributed by atoms with Crippen molar-refractivity contribution in [2.45, 2.75) is 22.5 Å². The van der Waals surface area contributed by atoms with Crippen molar-refractivity contribution in [2.75, 3.05) is 4.90 Å². The van der Waals surface area contributed by atoms with E-state index in [0.717, 1.165) is 0 Å². The van der Waals surface area contributed by atoms with Gasteiger partial charge in [-0.15, -0.1) is 0 Å². The second-order valence-corrected chi connectivity index (χ2v) is 7.93. The Bertz CT molecular complexity index is 617. The lowest BCUT2D eigenvalue weighted by Gasteiger charge is -2.29. The zero-order valence-corrected chi connectivity index (χ0v) is 14.6. The summed E-state index contributed by atoms with van der Waals surface area (Å²) in [6.45, 7) is 0. The number of carbonyl (C=O) groups is 3. The third-order valence-corrected chi connectivity index (χ3v) is 7.02. The Hall–Kier alpha value is -1.21. The summed E-state index contributed by atoms with van der Waals surface area (Å²) in [6.07, 6.45) is 1.24. The van der Waals surface area contributed by atoms with Crippen molar-refractivity contribution in [1.29, 1.82) is 0 Å². The molecule has 2 aliphatic rings. The summed E-state index contributed by atoms with van der Waals surface area (Å²) in [6, 6.07) is 5.82. The van der Waals surface area contributed by atoms with Gasteiger partial charge in [-0.25, -0.2) is 4.79 Å². The van der Waals surface area contributed by atoms with E-state index >= 15 is 0 Å². The Morgan fingerprint density at radius 3 is 1.86 bits per heavy atom. The molecule has 3 rings (SSSR count). The van der Waals surface area contributed by atoms with E-state index in [1.54, 1.807) is 0 Å². The summed E-state index contributed by atoms with van der Waals surface area (Å²) in [5, 5.41) is 8.91. The maximum Gasteiger partial charge on any atom is 0.335 e. The second kappa shape index (κ2) is 5.77. The van der Waals surface area contributed by atoms with Crippen LogP contribution in [0.4, 0.5) is 5.69 Å². The largest absolute Gasteiger partial charge is 0.478 e. The zero-order valence-electron chi connectivity index (χ0n) is 11.4. The number of hydrogen-bond donors (Lipinski definition) is 1. The summed E-state index contributed by atoms with van der Waals surface area (Å²) in [5.41, 5.74) is 0.563. The monoisotopic (exact) mass is 429 g/mol. The summed E-state index contributed by atoms with van der Waals surface area (Å²) < 4.78 is 0. The third-order valence-electron chi connectivity index (χ3n) is 4.28. The third kappa shape index (κ3) is 2.50. The summed E-state index contributed by atoms with van der Waals surface area (Å²) in [7, 11) is 0. The Morgan fingerprint density at radius 1 is 1.00 bits per heavy atom. The minimum atomic E-state index is -1.04. The van der Waals surface area contributed by atoms with Crippen LogP contribution in [0.2, 0.25) is 0 Å². The number of hydrogen-bond acceptors (Lipinski definition) is 3. The molecule has 7 heteroatoms. The van der Waals surface area contributed by atoms with E-state index in [1.165, 1.54) is 29.2 Å². The Labute approximate surface area is 143 Å². The van der Waals surface area contributed by atoms with Crippen LogP contribution in [0.1, 0.15) is 23.2 Å². The Balaban J connectivity index is 1.90. The standard InChI is InChI=1S/C15H13Br2NO4/c16-11-5-9-10(6-12(11)17)14(20)18(13(9)19)8-3-1-7(2-4-8)15(21)22/h1-4,9-12H,5-6H2,(H,21,22)/t9-,10-,11+,12+/m0/s1. The number of nitrogens with zero attached hydrogens (tertiary/aromatic N) is 1. The quantitative estimate of drug-likeness (QED) is 0.578. The van der Waals surface area contributed by atoms with Crippen LogP contribution in [-0.2, 0) is 9.59 Å². The number of rotatable bonds is 2. The number of imide groups is 1. The van der Waals surface area contributed by atoms with Gasteiger partial charge >= 0.3 is 5.97 Å². The fourth-order valence-corrected chi connectivity index (χ4v) is 4.34. The van der Waals surface area contributed by atoms with Crippen LogP contribution in [0.15, 0.2) is 24.3 Å². The van der Waals surface area contributed by atoms with Gasteiger partial charge in [0.05, 0.1) is 23.1 Å². The lowest BCUT2D eigenvalue weighted by atomic mass is 9.81. The van der Waals surface area contributed by atoms with E-state index in [2.05, 4.69) is 31.9 Å². The van der Waals surface area contributed by atoms with Crippen molar-refractivity contribution in [3.8, 4) is 0 Å². The van der Waals surface area contributed by atoms with Gasteiger partial charge in [-0.05, 0) is 37.1 Å². The molecule has 0 bridgehead atoms. The maximum absolute atomic E-state index is 12.6. The molecule has 4 atom stereocenters. The van der Waals surface area contributed by atoms with Crippen molar-refractivity contribution in [2.24, 2.45) is 11.8 Å². The molecule has 0 aromatic heterocycles. The van der Waals surface area contributed by atoms with Gasteiger partial charge in [-0.1, -0.05) is 31.9 Å². The van der Waals surface area contributed by atoms with Crippen LogP contribution in [0.5, 0.6) is 0 Å². The molecule has 0 radical (unpaired) electrons. The smallest absolute Gasteiger partial charge is 0.335 e. The highest BCUT2D eigenvalue weighted by molar-refractivity contribution is 9.12. The molecular weight excluding hydrogens is 418 g/mol. The van der Waals surface area contributed by atoms with Crippen LogP contribution < -0.4 is 4.90 Å². The minimum Gasteiger partial charge on any atom is -0.478 e. The van der Waals surface area contributed by atoms with E-state index in [0.29, 0.717) is 18.5 Å². The molecule has 0 spiro atoms. The molecule has 1 aliphatic carbocycles. The van der Waals surface area contributed by atoms with Crippen molar-refractivity contribution in [3.05, 3.63) is 29.8 Å². The molecular formula is C15H13Br2NO4. The van der Waals surface area contributed by atoms with E-state index < -0.39 is 5.97 Å². The predicted molar refractivity (Wildman–Crippen MR) is 87.5 cm³/mol. The van der Waals surface area contributed by atoms with Gasteiger partial charge in [0.2, 0.25) is 11.8 Å². The number of amides is 2. The normalized spacial score (nSPS) is 31.3. The number of carbonyl (C=O) groups excluding carboxylic acids is 2. The van der Waals surface area contributed by atoms with Crippen LogP contribution in [0.25, 0.3) is 0 Å². The summed E-state index contributed by atoms with van der Waals surface area (Å²) in [5.74, 6) is -2.03. The predicted octanol–water partition coefficient (Wildman–Crippen LogP) is 2.81. The van der Waals surface area contributed by atoms with Gasteiger partial charge in [-0.2, -0.15) is 0 Å². The SMILES string of the molecule is O=C(O)c1ccc(N2C(=O)[C@H]3C[C@@H](Br)[C@H](Br)C[C@@H]3C2=O)cc1. The van der Waals surface area contributed by atoms with Crippen molar-refractivity contribution in [1.82, 2.24) is 0 Å². The lowest BCUT2D eigenvalue weighted by molar-refractivity contribution is -0.122. The number of carboxylic acid groups (broad SMARTS) is 1. The zero-order chi connectivity index (χ0) is 16.0. The first-order chi connectivity index (χ1) is 10.4. The first-order valence-electron chi connectivity index (χ1n) is 6.89. The Kier molecular flexibility index (Phi) is 4.11. The van der Waals surface area contributed by atoms with Gasteiger partial charge in [0.1, 0.15) is 0 Å². The highest BCUT2D eigenvalue weighted by Crippen LogP contribution is 2.44. The molecule has 2 amide bonds. The molecule has 1 aliphatic heterocycles. The highest BCUT2D eigenvalue weighted by atomic mass is 79.9. The minimum absolute atomic E-state index is 0.126. The molecule has 5 nitrogen and oxygen atoms in total. The second-order valence-electron chi connectivity index (χ2n) is 5.58. The topological polar surface area (TPSA) is 74.7 Å². The van der Waals surface area contributed by atoms with E-state index in [9.17, 15) is 14.4 Å². The Morgan fingerprint density at radius 2 is 1.45 bits per heavy atom. The number of benzene rings is 1.